The van der Waals surface area contributed by atoms with Crippen LogP contribution >= 0.6 is 0 Å². The van der Waals surface area contributed by atoms with Crippen LogP contribution in [0, 0.1) is 25.7 Å². The number of hydrogen-bond acceptors (Lipinski definition) is 4. The fourth-order valence-corrected chi connectivity index (χ4v) is 1.82. The Hall–Kier alpha value is -2.58. The Morgan fingerprint density at radius 2 is 2.14 bits per heavy atom. The van der Waals surface area contributed by atoms with Crippen molar-refractivity contribution in [3.05, 3.63) is 46.7 Å². The molecule has 0 spiro atoms. The van der Waals surface area contributed by atoms with Crippen molar-refractivity contribution in [2.45, 2.75) is 20.3 Å². The van der Waals surface area contributed by atoms with Crippen LogP contribution in [-0.4, -0.2) is 22.8 Å². The minimum Gasteiger partial charge on any atom is -0.395 e. The lowest BCUT2D eigenvalue weighted by Crippen LogP contribution is -2.12. The molecule has 2 rings (SSSR count). The second-order valence-electron chi connectivity index (χ2n) is 4.64. The number of benzene rings is 1. The average Bonchev–Trinajstić information content (AvgIpc) is 2.84. The molecule has 0 radical (unpaired) electrons. The third-order valence-corrected chi connectivity index (χ3v) is 2.68. The normalized spacial score (nSPS) is 9.86. The van der Waals surface area contributed by atoms with Gasteiger partial charge in [0.1, 0.15) is 5.76 Å². The van der Waals surface area contributed by atoms with Crippen LogP contribution in [0.1, 0.15) is 33.7 Å². The first-order valence-electron chi connectivity index (χ1n) is 6.54. The largest absolute Gasteiger partial charge is 0.395 e. The van der Waals surface area contributed by atoms with Crippen LogP contribution in [0.15, 0.2) is 28.8 Å². The molecule has 0 saturated carbocycles. The first-order valence-corrected chi connectivity index (χ1v) is 6.54. The van der Waals surface area contributed by atoms with Crippen molar-refractivity contribution < 1.29 is 14.4 Å². The minimum atomic E-state index is -0.266. The van der Waals surface area contributed by atoms with Gasteiger partial charge in [-0.1, -0.05) is 17.0 Å². The quantitative estimate of drug-likeness (QED) is 0.848. The molecule has 0 unspecified atom stereocenters. The predicted octanol–water partition coefficient (Wildman–Crippen LogP) is 2.28. The third kappa shape index (κ3) is 4.20. The molecule has 0 aliphatic rings. The summed E-state index contributed by atoms with van der Waals surface area (Å²) in [6, 6.07) is 7.02. The van der Waals surface area contributed by atoms with Crippen LogP contribution in [0.2, 0.25) is 0 Å². The molecule has 5 nitrogen and oxygen atoms in total. The Morgan fingerprint density at radius 3 is 2.81 bits per heavy atom. The zero-order chi connectivity index (χ0) is 15.2. The summed E-state index contributed by atoms with van der Waals surface area (Å²) in [4.78, 5) is 12.2. The number of aromatic nitrogens is 1. The molecule has 0 fully saturated rings. The maximum Gasteiger partial charge on any atom is 0.256 e. The van der Waals surface area contributed by atoms with E-state index in [-0.39, 0.29) is 12.5 Å². The summed E-state index contributed by atoms with van der Waals surface area (Å²) in [6.45, 7) is 3.68. The second-order valence-corrected chi connectivity index (χ2v) is 4.64. The summed E-state index contributed by atoms with van der Waals surface area (Å²) >= 11 is 0. The molecule has 0 aliphatic heterocycles. The fourth-order valence-electron chi connectivity index (χ4n) is 1.82. The highest BCUT2D eigenvalue weighted by atomic mass is 16.5. The van der Waals surface area contributed by atoms with Crippen molar-refractivity contribution in [1.82, 2.24) is 5.16 Å². The number of aliphatic hydroxyl groups is 1. The molecule has 0 saturated heterocycles. The lowest BCUT2D eigenvalue weighted by molar-refractivity contribution is 0.102. The van der Waals surface area contributed by atoms with Crippen LogP contribution in [-0.2, 0) is 0 Å². The first-order chi connectivity index (χ1) is 10.1. The van der Waals surface area contributed by atoms with E-state index in [1.54, 1.807) is 25.1 Å². The van der Waals surface area contributed by atoms with Gasteiger partial charge in [0.25, 0.3) is 5.91 Å². The van der Waals surface area contributed by atoms with Crippen molar-refractivity contribution in [1.29, 1.82) is 0 Å². The molecule has 1 amide bonds. The number of aryl methyl sites for hydroxylation is 2. The van der Waals surface area contributed by atoms with E-state index in [4.69, 9.17) is 9.63 Å². The van der Waals surface area contributed by atoms with Crippen molar-refractivity contribution in [2.24, 2.45) is 0 Å². The van der Waals surface area contributed by atoms with E-state index < -0.39 is 0 Å². The van der Waals surface area contributed by atoms with Gasteiger partial charge in [-0.05, 0) is 37.6 Å². The molecule has 0 bridgehead atoms. The maximum atomic E-state index is 12.2. The highest BCUT2D eigenvalue weighted by molar-refractivity contribution is 6.04. The summed E-state index contributed by atoms with van der Waals surface area (Å²) in [5.41, 5.74) is 2.18. The number of hydrogen-bond donors (Lipinski definition) is 2. The van der Waals surface area contributed by atoms with E-state index in [1.807, 2.05) is 13.0 Å². The number of nitrogens with one attached hydrogen (secondary N) is 1. The van der Waals surface area contributed by atoms with Gasteiger partial charge in [0.15, 0.2) is 5.82 Å². The standard InChI is InChI=1S/C16H16N2O3/c1-11-7-13(5-3-4-6-19)10-14(8-11)16(20)17-15-9-12(2)21-18-15/h7-10,19H,4,6H2,1-2H3,(H,17,18,20). The maximum absolute atomic E-state index is 12.2. The van der Waals surface area contributed by atoms with E-state index in [0.29, 0.717) is 23.6 Å². The van der Waals surface area contributed by atoms with E-state index in [1.165, 1.54) is 0 Å². The Balaban J connectivity index is 2.19. The summed E-state index contributed by atoms with van der Waals surface area (Å²) in [5.74, 6) is 6.51. The number of rotatable bonds is 3. The lowest BCUT2D eigenvalue weighted by Gasteiger charge is -2.04. The summed E-state index contributed by atoms with van der Waals surface area (Å²) < 4.78 is 4.90. The zero-order valence-corrected chi connectivity index (χ0v) is 11.9. The van der Waals surface area contributed by atoms with Crippen molar-refractivity contribution in [3.63, 3.8) is 0 Å². The Labute approximate surface area is 123 Å². The molecule has 21 heavy (non-hydrogen) atoms. The van der Waals surface area contributed by atoms with E-state index in [9.17, 15) is 4.79 Å². The highest BCUT2D eigenvalue weighted by Crippen LogP contribution is 2.13. The number of anilines is 1. The molecular weight excluding hydrogens is 268 g/mol. The van der Waals surface area contributed by atoms with Gasteiger partial charge in [-0.25, -0.2) is 0 Å². The number of nitrogens with zero attached hydrogens (tertiary/aromatic N) is 1. The SMILES string of the molecule is Cc1cc(C#CCCO)cc(C(=O)Nc2cc(C)on2)c1. The summed E-state index contributed by atoms with van der Waals surface area (Å²) in [6.07, 6.45) is 0.410. The summed E-state index contributed by atoms with van der Waals surface area (Å²) in [5, 5.41) is 15.1. The second kappa shape index (κ2) is 6.73. The number of aliphatic hydroxyl groups excluding tert-OH is 1. The molecule has 1 aromatic carbocycles. The molecule has 0 atom stereocenters. The molecule has 108 valence electrons. The topological polar surface area (TPSA) is 75.4 Å². The van der Waals surface area contributed by atoms with Gasteiger partial charge in [0.05, 0.1) is 6.61 Å². The van der Waals surface area contributed by atoms with Crippen LogP contribution in [0.4, 0.5) is 5.82 Å². The van der Waals surface area contributed by atoms with Gasteiger partial charge in [-0.2, -0.15) is 0 Å². The van der Waals surface area contributed by atoms with E-state index >= 15 is 0 Å². The zero-order valence-electron chi connectivity index (χ0n) is 11.9. The van der Waals surface area contributed by atoms with Crippen molar-refractivity contribution in [2.75, 3.05) is 11.9 Å². The smallest absolute Gasteiger partial charge is 0.256 e. The number of carbonyl (C=O) groups is 1. The van der Waals surface area contributed by atoms with Crippen LogP contribution in [0.25, 0.3) is 0 Å². The molecular formula is C16H16N2O3. The summed E-state index contributed by atoms with van der Waals surface area (Å²) in [7, 11) is 0. The third-order valence-electron chi connectivity index (χ3n) is 2.68. The molecule has 1 aromatic heterocycles. The number of amides is 1. The average molecular weight is 284 g/mol. The highest BCUT2D eigenvalue weighted by Gasteiger charge is 2.10. The molecule has 5 heteroatoms. The van der Waals surface area contributed by atoms with Crippen LogP contribution in [0.3, 0.4) is 0 Å². The molecule has 0 aliphatic carbocycles. The minimum absolute atomic E-state index is 0.0255. The number of carbonyl (C=O) groups excluding carboxylic acids is 1. The Kier molecular flexibility index (Phi) is 4.75. The van der Waals surface area contributed by atoms with Gasteiger partial charge in [0.2, 0.25) is 0 Å². The van der Waals surface area contributed by atoms with Gasteiger partial charge >= 0.3 is 0 Å². The van der Waals surface area contributed by atoms with Crippen LogP contribution < -0.4 is 5.32 Å². The van der Waals surface area contributed by atoms with Crippen molar-refractivity contribution >= 4 is 11.7 Å². The monoisotopic (exact) mass is 284 g/mol. The van der Waals surface area contributed by atoms with Crippen molar-refractivity contribution in [3.8, 4) is 11.8 Å². The Bertz CT molecular complexity index is 708. The van der Waals surface area contributed by atoms with Gasteiger partial charge in [0, 0.05) is 23.6 Å². The van der Waals surface area contributed by atoms with E-state index in [2.05, 4.69) is 22.3 Å². The first kappa shape index (κ1) is 14.8. The van der Waals surface area contributed by atoms with Gasteiger partial charge in [-0.15, -0.1) is 0 Å². The molecule has 2 N–H and O–H groups in total. The lowest BCUT2D eigenvalue weighted by atomic mass is 10.1. The van der Waals surface area contributed by atoms with Crippen LogP contribution in [0.5, 0.6) is 0 Å². The fraction of sp³-hybridized carbons (Fsp3) is 0.250. The molecule has 1 heterocycles. The predicted molar refractivity (Wildman–Crippen MR) is 79.0 cm³/mol. The molecule has 2 aromatic rings. The Morgan fingerprint density at radius 1 is 1.33 bits per heavy atom. The van der Waals surface area contributed by atoms with Gasteiger partial charge < -0.3 is 14.9 Å². The van der Waals surface area contributed by atoms with E-state index in [0.717, 1.165) is 11.1 Å². The van der Waals surface area contributed by atoms with Gasteiger partial charge in [-0.3, -0.25) is 4.79 Å².